The Labute approximate surface area is 104 Å². The molecule has 17 heavy (non-hydrogen) atoms. The molecule has 4 fully saturated rings. The quantitative estimate of drug-likeness (QED) is 0.742. The highest BCUT2D eigenvalue weighted by Gasteiger charge is 2.58. The van der Waals surface area contributed by atoms with E-state index in [1.54, 1.807) is 0 Å². The first-order valence-electron chi connectivity index (χ1n) is 7.16. The average Bonchev–Trinajstić information content (AvgIpc) is 2.41. The van der Waals surface area contributed by atoms with Crippen molar-refractivity contribution in [3.05, 3.63) is 0 Å². The highest BCUT2D eigenvalue weighted by Crippen LogP contribution is 2.50. The lowest BCUT2D eigenvalue weighted by Gasteiger charge is -2.58. The number of ether oxygens (including phenoxy) is 3. The van der Waals surface area contributed by atoms with Gasteiger partial charge in [0.15, 0.2) is 0 Å². The predicted octanol–water partition coefficient (Wildman–Crippen LogP) is 3.08. The van der Waals surface area contributed by atoms with Gasteiger partial charge < -0.3 is 14.2 Å². The van der Waals surface area contributed by atoms with E-state index in [1.165, 1.54) is 32.1 Å². The van der Waals surface area contributed by atoms with E-state index >= 15 is 0 Å². The summed E-state index contributed by atoms with van der Waals surface area (Å²) in [5.74, 6) is -0.259. The van der Waals surface area contributed by atoms with Gasteiger partial charge >= 0.3 is 0 Å². The summed E-state index contributed by atoms with van der Waals surface area (Å²) in [6.45, 7) is 6.00. The second-order valence-electron chi connectivity index (χ2n) is 5.99. The maximum Gasteiger partial charge on any atom is 0.286 e. The van der Waals surface area contributed by atoms with Crippen LogP contribution < -0.4 is 0 Å². The molecular formula is C14H24O3. The number of fused-ring (bicyclic) bond motifs is 3. The molecule has 0 N–H and O–H groups in total. The van der Waals surface area contributed by atoms with E-state index in [1.807, 2.05) is 0 Å². The van der Waals surface area contributed by atoms with Crippen LogP contribution in [0.5, 0.6) is 0 Å². The van der Waals surface area contributed by atoms with Crippen LogP contribution in [0.2, 0.25) is 0 Å². The lowest BCUT2D eigenvalue weighted by Crippen LogP contribution is -2.66. The maximum absolute atomic E-state index is 6.16. The van der Waals surface area contributed by atoms with Gasteiger partial charge in [0.25, 0.3) is 5.97 Å². The molecule has 0 amide bonds. The molecule has 4 rings (SSSR count). The van der Waals surface area contributed by atoms with Crippen molar-refractivity contribution in [1.82, 2.24) is 0 Å². The van der Waals surface area contributed by atoms with Gasteiger partial charge in [-0.2, -0.15) is 0 Å². The normalized spacial score (nSPS) is 47.3. The van der Waals surface area contributed by atoms with Crippen LogP contribution in [-0.2, 0) is 14.2 Å². The summed E-state index contributed by atoms with van der Waals surface area (Å²) in [7, 11) is 0. The summed E-state index contributed by atoms with van der Waals surface area (Å²) in [5.41, 5.74) is 0.0937. The first-order chi connectivity index (χ1) is 8.21. The molecule has 0 radical (unpaired) electrons. The van der Waals surface area contributed by atoms with E-state index in [0.717, 1.165) is 19.6 Å². The van der Waals surface area contributed by atoms with E-state index in [0.29, 0.717) is 5.92 Å². The summed E-state index contributed by atoms with van der Waals surface area (Å²) in [6, 6.07) is 0. The summed E-state index contributed by atoms with van der Waals surface area (Å²) in [4.78, 5) is 0. The molecule has 3 heterocycles. The average molecular weight is 240 g/mol. The third-order valence-electron chi connectivity index (χ3n) is 5.13. The fourth-order valence-electron chi connectivity index (χ4n) is 3.53. The molecule has 3 heteroatoms. The van der Waals surface area contributed by atoms with Gasteiger partial charge in [-0.25, -0.2) is 0 Å². The van der Waals surface area contributed by atoms with Crippen LogP contribution in [0.1, 0.15) is 52.4 Å². The third kappa shape index (κ3) is 1.74. The summed E-state index contributed by atoms with van der Waals surface area (Å²) in [5, 5.41) is 0. The van der Waals surface area contributed by atoms with Gasteiger partial charge in [0.2, 0.25) is 0 Å². The van der Waals surface area contributed by atoms with Gasteiger partial charge in [0.05, 0.1) is 19.3 Å². The Morgan fingerprint density at radius 3 is 2.24 bits per heavy atom. The van der Waals surface area contributed by atoms with E-state index in [9.17, 15) is 0 Å². The monoisotopic (exact) mass is 240 g/mol. The van der Waals surface area contributed by atoms with Crippen molar-refractivity contribution >= 4 is 0 Å². The van der Waals surface area contributed by atoms with Crippen molar-refractivity contribution in [1.29, 1.82) is 0 Å². The van der Waals surface area contributed by atoms with Crippen LogP contribution in [0, 0.1) is 11.3 Å². The van der Waals surface area contributed by atoms with Gasteiger partial charge in [-0.05, 0) is 26.2 Å². The molecule has 1 saturated carbocycles. The topological polar surface area (TPSA) is 27.7 Å². The summed E-state index contributed by atoms with van der Waals surface area (Å²) in [6.07, 6.45) is 7.62. The zero-order chi connectivity index (χ0) is 11.9. The minimum Gasteiger partial charge on any atom is -0.326 e. The molecule has 4 aliphatic rings. The van der Waals surface area contributed by atoms with Crippen molar-refractivity contribution < 1.29 is 14.2 Å². The van der Waals surface area contributed by atoms with Gasteiger partial charge in [0.1, 0.15) is 0 Å². The third-order valence-corrected chi connectivity index (χ3v) is 5.13. The zero-order valence-electron chi connectivity index (χ0n) is 11.0. The van der Waals surface area contributed by atoms with Gasteiger partial charge in [-0.15, -0.1) is 0 Å². The van der Waals surface area contributed by atoms with Crippen molar-refractivity contribution in [2.24, 2.45) is 11.3 Å². The molecule has 3 saturated heterocycles. The summed E-state index contributed by atoms with van der Waals surface area (Å²) < 4.78 is 18.2. The lowest BCUT2D eigenvalue weighted by atomic mass is 9.77. The predicted molar refractivity (Wildman–Crippen MR) is 64.5 cm³/mol. The van der Waals surface area contributed by atoms with Crippen LogP contribution in [0.3, 0.4) is 0 Å². The standard InChI is InChI=1S/C14H24O3/c1-3-13-9-15-14(16-10-13,17-11(13)2)12-7-5-4-6-8-12/h11-12H,3-10H2,1-2H3. The van der Waals surface area contributed by atoms with Crippen LogP contribution in [0.25, 0.3) is 0 Å². The zero-order valence-corrected chi connectivity index (χ0v) is 11.0. The molecule has 3 aliphatic heterocycles. The molecule has 1 atom stereocenters. The van der Waals surface area contributed by atoms with Crippen LogP contribution in [-0.4, -0.2) is 25.3 Å². The lowest BCUT2D eigenvalue weighted by molar-refractivity contribution is -0.505. The molecule has 1 unspecified atom stereocenters. The second-order valence-corrected chi connectivity index (χ2v) is 5.99. The van der Waals surface area contributed by atoms with Gasteiger partial charge in [-0.3, -0.25) is 0 Å². The highest BCUT2D eigenvalue weighted by atomic mass is 16.9. The fraction of sp³-hybridized carbons (Fsp3) is 1.00. The van der Waals surface area contributed by atoms with Crippen LogP contribution >= 0.6 is 0 Å². The maximum atomic E-state index is 6.16. The molecule has 98 valence electrons. The fourth-order valence-corrected chi connectivity index (χ4v) is 3.53. The van der Waals surface area contributed by atoms with Gasteiger partial charge in [-0.1, -0.05) is 26.2 Å². The number of hydrogen-bond donors (Lipinski definition) is 0. The van der Waals surface area contributed by atoms with E-state index < -0.39 is 5.97 Å². The molecule has 0 aromatic rings. The Hall–Kier alpha value is -0.120. The Kier molecular flexibility index (Phi) is 2.96. The molecule has 1 aliphatic carbocycles. The van der Waals surface area contributed by atoms with Crippen molar-refractivity contribution in [3.63, 3.8) is 0 Å². The Balaban J connectivity index is 1.77. The first kappa shape index (κ1) is 11.9. The second kappa shape index (κ2) is 4.22. The summed E-state index contributed by atoms with van der Waals surface area (Å²) >= 11 is 0. The van der Waals surface area contributed by atoms with E-state index in [2.05, 4.69) is 13.8 Å². The molecule has 2 bridgehead atoms. The van der Waals surface area contributed by atoms with E-state index in [4.69, 9.17) is 14.2 Å². The van der Waals surface area contributed by atoms with Crippen LogP contribution in [0.4, 0.5) is 0 Å². The minimum atomic E-state index is -0.698. The van der Waals surface area contributed by atoms with Gasteiger partial charge in [0, 0.05) is 11.3 Å². The molecule has 0 spiro atoms. The van der Waals surface area contributed by atoms with Crippen LogP contribution in [0.15, 0.2) is 0 Å². The highest BCUT2D eigenvalue weighted by molar-refractivity contribution is 4.95. The Morgan fingerprint density at radius 2 is 1.71 bits per heavy atom. The Bertz CT molecular complexity index is 275. The van der Waals surface area contributed by atoms with Crippen molar-refractivity contribution in [2.75, 3.05) is 13.2 Å². The SMILES string of the molecule is CCC12COC(C3CCCCC3)(OC1)OC2C. The van der Waals surface area contributed by atoms with Crippen molar-refractivity contribution in [3.8, 4) is 0 Å². The smallest absolute Gasteiger partial charge is 0.286 e. The molecule has 3 nitrogen and oxygen atoms in total. The first-order valence-corrected chi connectivity index (χ1v) is 7.16. The molecule has 0 aromatic carbocycles. The number of rotatable bonds is 2. The minimum absolute atomic E-state index is 0.0937. The number of hydrogen-bond acceptors (Lipinski definition) is 3. The molecular weight excluding hydrogens is 216 g/mol. The molecule has 0 aromatic heterocycles. The largest absolute Gasteiger partial charge is 0.326 e. The Morgan fingerprint density at radius 1 is 1.06 bits per heavy atom. The van der Waals surface area contributed by atoms with E-state index in [-0.39, 0.29) is 11.5 Å². The van der Waals surface area contributed by atoms with Crippen molar-refractivity contribution in [2.45, 2.75) is 64.4 Å².